The van der Waals surface area contributed by atoms with E-state index in [0.29, 0.717) is 12.1 Å². The molecular weight excluding hydrogens is 379 g/mol. The van der Waals surface area contributed by atoms with Crippen molar-refractivity contribution in [2.75, 3.05) is 13.7 Å². The number of hydrogen-bond donors (Lipinski definition) is 1. The number of carbonyl (C=O) groups is 1. The number of benzene rings is 3. The Morgan fingerprint density at radius 1 is 1.03 bits per heavy atom. The number of halogens is 1. The van der Waals surface area contributed by atoms with Crippen LogP contribution in [0.3, 0.4) is 0 Å². The van der Waals surface area contributed by atoms with Gasteiger partial charge in [-0.3, -0.25) is 4.79 Å². The lowest BCUT2D eigenvalue weighted by Gasteiger charge is -2.36. The first kappa shape index (κ1) is 18.4. The Bertz CT molecular complexity index is 1210. The predicted octanol–water partition coefficient (Wildman–Crippen LogP) is 5.10. The van der Waals surface area contributed by atoms with Crippen molar-refractivity contribution >= 4 is 16.8 Å². The van der Waals surface area contributed by atoms with E-state index in [4.69, 9.17) is 4.74 Å². The standard InChI is InChI=1S/C25H21FN2O2/c1-30-19-12-8-16(9-13-19)24-23-21(20-4-2-3-5-22(20)27-23)14-15-28(24)25(29)17-6-10-18(26)11-7-17/h2-13,24,27H,14-15H2,1H3. The van der Waals surface area contributed by atoms with E-state index in [1.807, 2.05) is 41.3 Å². The molecule has 2 heterocycles. The number of H-pyrrole nitrogens is 1. The quantitative estimate of drug-likeness (QED) is 0.520. The molecule has 4 aromatic rings. The molecule has 4 nitrogen and oxygen atoms in total. The minimum atomic E-state index is -0.352. The molecule has 1 unspecified atom stereocenters. The molecule has 0 radical (unpaired) electrons. The Morgan fingerprint density at radius 2 is 1.77 bits per heavy atom. The highest BCUT2D eigenvalue weighted by molar-refractivity contribution is 5.95. The van der Waals surface area contributed by atoms with Gasteiger partial charge in [-0.2, -0.15) is 0 Å². The van der Waals surface area contributed by atoms with Gasteiger partial charge in [-0.1, -0.05) is 30.3 Å². The zero-order valence-corrected chi connectivity index (χ0v) is 16.6. The molecule has 3 aromatic carbocycles. The summed E-state index contributed by atoms with van der Waals surface area (Å²) >= 11 is 0. The molecule has 1 aliphatic heterocycles. The number of hydrogen-bond acceptors (Lipinski definition) is 2. The van der Waals surface area contributed by atoms with Crippen LogP contribution in [0.1, 0.15) is 33.2 Å². The van der Waals surface area contributed by atoms with E-state index in [1.165, 1.54) is 23.1 Å². The van der Waals surface area contributed by atoms with Crippen LogP contribution in [0.4, 0.5) is 4.39 Å². The van der Waals surface area contributed by atoms with Crippen LogP contribution in [0.15, 0.2) is 72.8 Å². The maximum atomic E-state index is 13.4. The third kappa shape index (κ3) is 3.03. The van der Waals surface area contributed by atoms with Gasteiger partial charge >= 0.3 is 0 Å². The molecule has 0 saturated heterocycles. The lowest BCUT2D eigenvalue weighted by molar-refractivity contribution is 0.0692. The van der Waals surface area contributed by atoms with Crippen LogP contribution in [-0.2, 0) is 6.42 Å². The number of nitrogens with one attached hydrogen (secondary N) is 1. The average Bonchev–Trinajstić information content (AvgIpc) is 3.17. The van der Waals surface area contributed by atoms with Gasteiger partial charge < -0.3 is 14.6 Å². The SMILES string of the molecule is COc1ccc(C2c3[nH]c4ccccc4c3CCN2C(=O)c2ccc(F)cc2)cc1. The monoisotopic (exact) mass is 400 g/mol. The van der Waals surface area contributed by atoms with E-state index < -0.39 is 0 Å². The fourth-order valence-corrected chi connectivity index (χ4v) is 4.35. The van der Waals surface area contributed by atoms with Crippen LogP contribution in [0.5, 0.6) is 5.75 Å². The number of rotatable bonds is 3. The summed E-state index contributed by atoms with van der Waals surface area (Å²) in [6.07, 6.45) is 0.763. The van der Waals surface area contributed by atoms with E-state index in [2.05, 4.69) is 17.1 Å². The zero-order valence-electron chi connectivity index (χ0n) is 16.6. The molecule has 1 N–H and O–H groups in total. The molecule has 0 spiro atoms. The topological polar surface area (TPSA) is 45.3 Å². The van der Waals surface area contributed by atoms with Crippen molar-refractivity contribution in [3.8, 4) is 5.75 Å². The number of fused-ring (bicyclic) bond motifs is 3. The number of methoxy groups -OCH3 is 1. The van der Waals surface area contributed by atoms with E-state index in [-0.39, 0.29) is 17.8 Å². The molecule has 0 aliphatic carbocycles. The minimum Gasteiger partial charge on any atom is -0.497 e. The summed E-state index contributed by atoms with van der Waals surface area (Å²) in [6, 6.07) is 21.5. The van der Waals surface area contributed by atoms with Crippen molar-refractivity contribution in [3.05, 3.63) is 101 Å². The van der Waals surface area contributed by atoms with Crippen LogP contribution in [0, 0.1) is 5.82 Å². The highest BCUT2D eigenvalue weighted by Crippen LogP contribution is 2.39. The summed E-state index contributed by atoms with van der Waals surface area (Å²) in [5.41, 5.74) is 4.82. The molecule has 5 heteroatoms. The second kappa shape index (κ2) is 7.34. The van der Waals surface area contributed by atoms with E-state index in [1.54, 1.807) is 19.2 Å². The van der Waals surface area contributed by atoms with Gasteiger partial charge in [-0.15, -0.1) is 0 Å². The van der Waals surface area contributed by atoms with E-state index in [0.717, 1.165) is 28.9 Å². The predicted molar refractivity (Wildman–Crippen MR) is 114 cm³/mol. The average molecular weight is 400 g/mol. The first-order valence-corrected chi connectivity index (χ1v) is 9.95. The first-order valence-electron chi connectivity index (χ1n) is 9.95. The molecule has 0 bridgehead atoms. The number of amides is 1. The maximum absolute atomic E-state index is 13.4. The molecule has 0 saturated carbocycles. The molecule has 0 fully saturated rings. The molecule has 1 atom stereocenters. The second-order valence-electron chi connectivity index (χ2n) is 7.49. The molecule has 150 valence electrons. The number of aromatic nitrogens is 1. The molecule has 5 rings (SSSR count). The molecular formula is C25H21FN2O2. The fourth-order valence-electron chi connectivity index (χ4n) is 4.35. The van der Waals surface area contributed by atoms with Crippen molar-refractivity contribution in [1.29, 1.82) is 0 Å². The van der Waals surface area contributed by atoms with Gasteiger partial charge in [-0.05, 0) is 60.0 Å². The minimum absolute atomic E-state index is 0.111. The number of carbonyl (C=O) groups excluding carboxylic acids is 1. The Balaban J connectivity index is 1.64. The normalized spacial score (nSPS) is 15.8. The van der Waals surface area contributed by atoms with Crippen LogP contribution in [-0.4, -0.2) is 29.4 Å². The lowest BCUT2D eigenvalue weighted by Crippen LogP contribution is -2.40. The van der Waals surface area contributed by atoms with Gasteiger partial charge in [0.1, 0.15) is 11.6 Å². The first-order chi connectivity index (χ1) is 14.7. The van der Waals surface area contributed by atoms with Crippen LogP contribution in [0.25, 0.3) is 10.9 Å². The van der Waals surface area contributed by atoms with Gasteiger partial charge in [0, 0.05) is 28.7 Å². The Labute approximate surface area is 173 Å². The number of ether oxygens (including phenoxy) is 1. The summed E-state index contributed by atoms with van der Waals surface area (Å²) in [5.74, 6) is 0.303. The van der Waals surface area contributed by atoms with Crippen molar-refractivity contribution in [1.82, 2.24) is 9.88 Å². The van der Waals surface area contributed by atoms with Crippen molar-refractivity contribution in [3.63, 3.8) is 0 Å². The molecule has 1 aliphatic rings. The molecule has 1 amide bonds. The summed E-state index contributed by atoms with van der Waals surface area (Å²) in [4.78, 5) is 18.8. The second-order valence-corrected chi connectivity index (χ2v) is 7.49. The summed E-state index contributed by atoms with van der Waals surface area (Å²) in [7, 11) is 1.63. The Kier molecular flexibility index (Phi) is 4.51. The van der Waals surface area contributed by atoms with Crippen molar-refractivity contribution in [2.45, 2.75) is 12.5 Å². The molecule has 30 heavy (non-hydrogen) atoms. The highest BCUT2D eigenvalue weighted by Gasteiger charge is 2.34. The van der Waals surface area contributed by atoms with Gasteiger partial charge in [0.15, 0.2) is 0 Å². The van der Waals surface area contributed by atoms with Crippen LogP contribution < -0.4 is 4.74 Å². The van der Waals surface area contributed by atoms with Gasteiger partial charge in [-0.25, -0.2) is 4.39 Å². The number of aromatic amines is 1. The van der Waals surface area contributed by atoms with Crippen LogP contribution in [0.2, 0.25) is 0 Å². The van der Waals surface area contributed by atoms with Gasteiger partial charge in [0.2, 0.25) is 0 Å². The van der Waals surface area contributed by atoms with E-state index in [9.17, 15) is 9.18 Å². The zero-order chi connectivity index (χ0) is 20.7. The Morgan fingerprint density at radius 3 is 2.50 bits per heavy atom. The van der Waals surface area contributed by atoms with Crippen molar-refractivity contribution in [2.24, 2.45) is 0 Å². The summed E-state index contributed by atoms with van der Waals surface area (Å²) in [6.45, 7) is 0.585. The third-order valence-corrected chi connectivity index (χ3v) is 5.82. The Hall–Kier alpha value is -3.60. The third-order valence-electron chi connectivity index (χ3n) is 5.82. The number of para-hydroxylation sites is 1. The largest absolute Gasteiger partial charge is 0.497 e. The van der Waals surface area contributed by atoms with Crippen LogP contribution >= 0.6 is 0 Å². The van der Waals surface area contributed by atoms with Gasteiger partial charge in [0.05, 0.1) is 13.2 Å². The number of nitrogens with zero attached hydrogens (tertiary/aromatic N) is 1. The highest BCUT2D eigenvalue weighted by atomic mass is 19.1. The van der Waals surface area contributed by atoms with Gasteiger partial charge in [0.25, 0.3) is 5.91 Å². The smallest absolute Gasteiger partial charge is 0.254 e. The summed E-state index contributed by atoms with van der Waals surface area (Å²) < 4.78 is 18.7. The van der Waals surface area contributed by atoms with Crippen molar-refractivity contribution < 1.29 is 13.9 Å². The fraction of sp³-hybridized carbons (Fsp3) is 0.160. The summed E-state index contributed by atoms with van der Waals surface area (Å²) in [5, 5.41) is 1.19. The maximum Gasteiger partial charge on any atom is 0.254 e. The van der Waals surface area contributed by atoms with E-state index >= 15 is 0 Å². The lowest BCUT2D eigenvalue weighted by atomic mass is 9.91. The molecule has 1 aromatic heterocycles.